The maximum atomic E-state index is 12.8. The molecule has 2 aromatic rings. The zero-order valence-electron chi connectivity index (χ0n) is 16.4. The molecule has 2 aromatic carbocycles. The summed E-state index contributed by atoms with van der Waals surface area (Å²) in [6.07, 6.45) is 3.88. The van der Waals surface area contributed by atoms with E-state index in [0.717, 1.165) is 25.0 Å². The molecule has 4 rings (SSSR count). The highest BCUT2D eigenvalue weighted by Gasteiger charge is 2.34. The topological polar surface area (TPSA) is 79.0 Å². The van der Waals surface area contributed by atoms with Crippen molar-refractivity contribution in [1.82, 2.24) is 0 Å². The average Bonchev–Trinajstić information content (AvgIpc) is 2.73. The van der Waals surface area contributed by atoms with Crippen LogP contribution in [0.3, 0.4) is 0 Å². The van der Waals surface area contributed by atoms with E-state index in [1.54, 1.807) is 24.3 Å². The van der Waals surface area contributed by atoms with Crippen LogP contribution < -0.4 is 19.3 Å². The number of sulfonamides is 1. The number of fused-ring (bicyclic) bond motifs is 1. The lowest BCUT2D eigenvalue weighted by molar-refractivity contribution is -0.122. The Hall–Kier alpha value is -2.74. The van der Waals surface area contributed by atoms with Gasteiger partial charge in [-0.3, -0.25) is 9.10 Å². The first-order valence-corrected chi connectivity index (χ1v) is 11.7. The molecule has 0 saturated carbocycles. The lowest BCUT2D eigenvalue weighted by Crippen LogP contribution is -2.48. The van der Waals surface area contributed by atoms with E-state index in [1.165, 1.54) is 23.6 Å². The minimum absolute atomic E-state index is 0.0620. The predicted molar refractivity (Wildman–Crippen MR) is 114 cm³/mol. The van der Waals surface area contributed by atoms with Crippen LogP contribution in [0.2, 0.25) is 0 Å². The molecule has 29 heavy (non-hydrogen) atoms. The molecule has 1 fully saturated rings. The molecule has 2 aliphatic heterocycles. The van der Waals surface area contributed by atoms with Gasteiger partial charge in [0.05, 0.1) is 18.5 Å². The van der Waals surface area contributed by atoms with E-state index >= 15 is 0 Å². The molecule has 0 spiro atoms. The van der Waals surface area contributed by atoms with E-state index in [9.17, 15) is 13.2 Å². The zero-order valence-corrected chi connectivity index (χ0v) is 17.2. The van der Waals surface area contributed by atoms with Gasteiger partial charge in [-0.2, -0.15) is 0 Å². The van der Waals surface area contributed by atoms with Gasteiger partial charge in [0.2, 0.25) is 10.0 Å². The summed E-state index contributed by atoms with van der Waals surface area (Å²) in [5, 5.41) is 2.84. The molecular formula is C21H25N3O4S. The van der Waals surface area contributed by atoms with Crippen molar-refractivity contribution in [3.8, 4) is 5.75 Å². The Morgan fingerprint density at radius 3 is 2.41 bits per heavy atom. The van der Waals surface area contributed by atoms with Gasteiger partial charge in [-0.05, 0) is 55.7 Å². The molecular weight excluding hydrogens is 390 g/mol. The molecule has 154 valence electrons. The minimum atomic E-state index is -3.53. The van der Waals surface area contributed by atoms with Gasteiger partial charge in [-0.15, -0.1) is 0 Å². The third kappa shape index (κ3) is 4.32. The Labute approximate surface area is 171 Å². The average molecular weight is 416 g/mol. The van der Waals surface area contributed by atoms with E-state index in [-0.39, 0.29) is 12.5 Å². The number of piperidine rings is 1. The Bertz CT molecular complexity index is 985. The highest BCUT2D eigenvalue weighted by molar-refractivity contribution is 7.92. The summed E-state index contributed by atoms with van der Waals surface area (Å²) < 4.78 is 31.4. The second kappa shape index (κ2) is 7.94. The Morgan fingerprint density at radius 1 is 1.03 bits per heavy atom. The highest BCUT2D eigenvalue weighted by atomic mass is 32.2. The number of rotatable bonds is 4. The molecule has 0 aromatic heterocycles. The maximum absolute atomic E-state index is 12.8. The van der Waals surface area contributed by atoms with Crippen LogP contribution in [0.1, 0.15) is 19.3 Å². The molecule has 1 atom stereocenters. The summed E-state index contributed by atoms with van der Waals surface area (Å²) in [7, 11) is -3.53. The molecule has 8 heteroatoms. The van der Waals surface area contributed by atoms with Crippen LogP contribution >= 0.6 is 0 Å². The molecule has 1 amide bonds. The summed E-state index contributed by atoms with van der Waals surface area (Å²) in [4.78, 5) is 15.1. The van der Waals surface area contributed by atoms with Crippen molar-refractivity contribution in [1.29, 1.82) is 0 Å². The number of amides is 1. The molecule has 0 aliphatic carbocycles. The number of para-hydroxylation sites is 2. The summed E-state index contributed by atoms with van der Waals surface area (Å²) >= 11 is 0. The van der Waals surface area contributed by atoms with Crippen LogP contribution in [-0.4, -0.2) is 46.3 Å². The number of anilines is 3. The quantitative estimate of drug-likeness (QED) is 0.831. The third-order valence-electron chi connectivity index (χ3n) is 5.28. The first kappa shape index (κ1) is 19.6. The number of carbonyl (C=O) groups excluding carboxylic acids is 1. The fourth-order valence-corrected chi connectivity index (χ4v) is 4.70. The van der Waals surface area contributed by atoms with Gasteiger partial charge in [-0.1, -0.05) is 12.1 Å². The molecule has 2 aliphatic rings. The van der Waals surface area contributed by atoms with Crippen molar-refractivity contribution < 1.29 is 17.9 Å². The van der Waals surface area contributed by atoms with Gasteiger partial charge < -0.3 is 15.0 Å². The van der Waals surface area contributed by atoms with Crippen molar-refractivity contribution >= 4 is 33.0 Å². The van der Waals surface area contributed by atoms with E-state index < -0.39 is 16.1 Å². The summed E-state index contributed by atoms with van der Waals surface area (Å²) in [6, 6.07) is 14.6. The number of nitrogens with zero attached hydrogens (tertiary/aromatic N) is 2. The lowest BCUT2D eigenvalue weighted by Gasteiger charge is -2.33. The Morgan fingerprint density at radius 2 is 1.72 bits per heavy atom. The summed E-state index contributed by atoms with van der Waals surface area (Å²) in [6.45, 7) is 2.05. The van der Waals surface area contributed by atoms with Gasteiger partial charge in [0, 0.05) is 24.5 Å². The van der Waals surface area contributed by atoms with Gasteiger partial charge >= 0.3 is 0 Å². The third-order valence-corrected chi connectivity index (χ3v) is 6.43. The second-order valence-electron chi connectivity index (χ2n) is 7.45. The predicted octanol–water partition coefficient (Wildman–Crippen LogP) is 2.84. The van der Waals surface area contributed by atoms with Gasteiger partial charge in [0.25, 0.3) is 5.91 Å². The van der Waals surface area contributed by atoms with E-state index in [1.807, 2.05) is 24.3 Å². The van der Waals surface area contributed by atoms with Gasteiger partial charge in [0.15, 0.2) is 6.10 Å². The smallest absolute Gasteiger partial charge is 0.267 e. The maximum Gasteiger partial charge on any atom is 0.267 e. The van der Waals surface area contributed by atoms with E-state index in [4.69, 9.17) is 4.74 Å². The van der Waals surface area contributed by atoms with E-state index in [0.29, 0.717) is 17.1 Å². The number of benzene rings is 2. The van der Waals surface area contributed by atoms with Crippen LogP contribution in [-0.2, 0) is 14.8 Å². The first-order chi connectivity index (χ1) is 13.9. The fraction of sp³-hybridized carbons (Fsp3) is 0.381. The Balaban J connectivity index is 1.47. The molecule has 2 heterocycles. The molecule has 7 nitrogen and oxygen atoms in total. The Kier molecular flexibility index (Phi) is 5.36. The van der Waals surface area contributed by atoms with Crippen LogP contribution in [0.5, 0.6) is 5.75 Å². The van der Waals surface area contributed by atoms with Crippen LogP contribution in [0.15, 0.2) is 48.5 Å². The number of ether oxygens (including phenoxy) is 1. The minimum Gasteiger partial charge on any atom is -0.476 e. The number of carbonyl (C=O) groups is 1. The van der Waals surface area contributed by atoms with Crippen LogP contribution in [0, 0.1) is 0 Å². The van der Waals surface area contributed by atoms with Crippen LogP contribution in [0.4, 0.5) is 17.1 Å². The molecule has 1 saturated heterocycles. The van der Waals surface area contributed by atoms with Gasteiger partial charge in [-0.25, -0.2) is 8.42 Å². The standard InChI is InChI=1S/C21H25N3O4S/c1-29(26,27)24-15-20(28-19-8-4-3-7-18(19)24)21(25)22-16-9-11-17(12-10-16)23-13-5-2-6-14-23/h3-4,7-12,20H,2,5-6,13-15H2,1H3,(H,22,25). The highest BCUT2D eigenvalue weighted by Crippen LogP contribution is 2.34. The fourth-order valence-electron chi connectivity index (χ4n) is 3.78. The number of hydrogen-bond acceptors (Lipinski definition) is 5. The molecule has 0 radical (unpaired) electrons. The zero-order chi connectivity index (χ0) is 20.4. The van der Waals surface area contributed by atoms with Crippen molar-refractivity contribution in [3.05, 3.63) is 48.5 Å². The van der Waals surface area contributed by atoms with Crippen LogP contribution in [0.25, 0.3) is 0 Å². The molecule has 0 bridgehead atoms. The lowest BCUT2D eigenvalue weighted by atomic mass is 10.1. The summed E-state index contributed by atoms with van der Waals surface area (Å²) in [5.41, 5.74) is 2.25. The molecule has 1 N–H and O–H groups in total. The largest absolute Gasteiger partial charge is 0.476 e. The summed E-state index contributed by atoms with van der Waals surface area (Å²) in [5.74, 6) is 0.00338. The van der Waals surface area contributed by atoms with Crippen molar-refractivity contribution in [2.45, 2.75) is 25.4 Å². The van der Waals surface area contributed by atoms with Gasteiger partial charge in [0.1, 0.15) is 5.75 Å². The van der Waals surface area contributed by atoms with Crippen molar-refractivity contribution in [2.75, 3.05) is 40.4 Å². The normalized spacial score (nSPS) is 19.3. The van der Waals surface area contributed by atoms with Crippen molar-refractivity contribution in [2.24, 2.45) is 0 Å². The molecule has 1 unspecified atom stereocenters. The van der Waals surface area contributed by atoms with Crippen molar-refractivity contribution in [3.63, 3.8) is 0 Å². The monoisotopic (exact) mass is 415 g/mol. The first-order valence-electron chi connectivity index (χ1n) is 9.81. The SMILES string of the molecule is CS(=O)(=O)N1CC(C(=O)Nc2ccc(N3CCCCC3)cc2)Oc2ccccc21. The number of nitrogens with one attached hydrogen (secondary N) is 1. The second-order valence-corrected chi connectivity index (χ2v) is 9.36. The van der Waals surface area contributed by atoms with E-state index in [2.05, 4.69) is 10.2 Å². The number of hydrogen-bond donors (Lipinski definition) is 1.